The zero-order valence-corrected chi connectivity index (χ0v) is 27.6. The smallest absolute Gasteiger partial charge is 0.303 e. The summed E-state index contributed by atoms with van der Waals surface area (Å²) in [6, 6.07) is 0. The molecule has 0 saturated heterocycles. The summed E-state index contributed by atoms with van der Waals surface area (Å²) in [4.78, 5) is 73.1. The first-order valence-corrected chi connectivity index (χ1v) is 14.6. The second-order valence-electron chi connectivity index (χ2n) is 8.71. The molecule has 1 aliphatic carbocycles. The maximum atomic E-state index is 13.3. The van der Waals surface area contributed by atoms with Gasteiger partial charge in [0, 0.05) is 53.7 Å². The van der Waals surface area contributed by atoms with Gasteiger partial charge in [-0.15, -0.1) is 0 Å². The van der Waals surface area contributed by atoms with E-state index >= 15 is 0 Å². The number of amides is 2. The molecule has 6 N–H and O–H groups in total. The lowest BCUT2D eigenvalue weighted by atomic mass is 9.60. The topological polar surface area (TPSA) is 217 Å². The molecule has 0 radical (unpaired) electrons. The SMILES string of the molecule is CC(=O)OCC(CC1(C(N)=O)C(I)=C(N)C(I)C(CC(COC(C)=O)OC(C)=O)(C(N)=O)C1I)OC(C)=O. The van der Waals surface area contributed by atoms with Gasteiger partial charge in [0.25, 0.3) is 0 Å². The van der Waals surface area contributed by atoms with Crippen molar-refractivity contribution < 1.29 is 47.7 Å². The normalized spacial score (nSPS) is 26.5. The van der Waals surface area contributed by atoms with Crippen molar-refractivity contribution in [3.05, 3.63) is 9.28 Å². The van der Waals surface area contributed by atoms with Crippen molar-refractivity contribution in [2.24, 2.45) is 28.0 Å². The molecule has 16 heteroatoms. The first-order valence-electron chi connectivity index (χ1n) is 11.1. The average molecular weight is 877 g/mol. The van der Waals surface area contributed by atoms with Gasteiger partial charge in [0.1, 0.15) is 25.4 Å². The van der Waals surface area contributed by atoms with Crippen LogP contribution in [0.4, 0.5) is 0 Å². The number of ether oxygens (including phenoxy) is 4. The zero-order chi connectivity index (χ0) is 29.6. The van der Waals surface area contributed by atoms with E-state index in [1.165, 1.54) is 0 Å². The maximum Gasteiger partial charge on any atom is 0.303 e. The minimum absolute atomic E-state index is 0.111. The van der Waals surface area contributed by atoms with Crippen LogP contribution in [0.25, 0.3) is 0 Å². The first-order chi connectivity index (χ1) is 17.4. The number of esters is 4. The molecule has 0 fully saturated rings. The molecule has 0 bridgehead atoms. The predicted octanol–water partition coefficient (Wildman–Crippen LogP) is 0.926. The van der Waals surface area contributed by atoms with Gasteiger partial charge in [0.2, 0.25) is 11.8 Å². The third kappa shape index (κ3) is 7.81. The van der Waals surface area contributed by atoms with Crippen LogP contribution < -0.4 is 17.2 Å². The van der Waals surface area contributed by atoms with Crippen LogP contribution in [-0.4, -0.2) is 69.0 Å². The van der Waals surface area contributed by atoms with Crippen LogP contribution in [0, 0.1) is 10.8 Å². The van der Waals surface area contributed by atoms with E-state index in [9.17, 15) is 28.8 Å². The summed E-state index contributed by atoms with van der Waals surface area (Å²) in [6.07, 6.45) is -2.85. The van der Waals surface area contributed by atoms with Crippen LogP contribution in [0.2, 0.25) is 0 Å². The molecule has 6 atom stereocenters. The highest BCUT2D eigenvalue weighted by Gasteiger charge is 2.66. The van der Waals surface area contributed by atoms with Gasteiger partial charge >= 0.3 is 23.9 Å². The Kier molecular flexibility index (Phi) is 13.0. The molecular formula is C22H30I3N3O10. The average Bonchev–Trinajstić information content (AvgIpc) is 2.78. The minimum Gasteiger partial charge on any atom is -0.462 e. The number of carbonyl (C=O) groups is 6. The Morgan fingerprint density at radius 3 is 1.55 bits per heavy atom. The van der Waals surface area contributed by atoms with Crippen molar-refractivity contribution in [2.45, 2.75) is 60.6 Å². The van der Waals surface area contributed by atoms with E-state index in [0.717, 1.165) is 27.7 Å². The van der Waals surface area contributed by atoms with E-state index in [1.54, 1.807) is 0 Å². The molecule has 0 aromatic heterocycles. The summed E-state index contributed by atoms with van der Waals surface area (Å²) >= 11 is 5.66. The number of primary amides is 2. The van der Waals surface area contributed by atoms with Gasteiger partial charge in [-0.05, 0) is 22.6 Å². The number of rotatable bonds is 12. The van der Waals surface area contributed by atoms with Gasteiger partial charge in [-0.1, -0.05) is 45.2 Å². The second kappa shape index (κ2) is 14.3. The molecule has 38 heavy (non-hydrogen) atoms. The van der Waals surface area contributed by atoms with Crippen molar-refractivity contribution in [3.63, 3.8) is 0 Å². The van der Waals surface area contributed by atoms with Crippen LogP contribution in [0.3, 0.4) is 0 Å². The molecule has 13 nitrogen and oxygen atoms in total. The van der Waals surface area contributed by atoms with E-state index in [4.69, 9.17) is 36.1 Å². The molecular weight excluding hydrogens is 847 g/mol. The monoisotopic (exact) mass is 877 g/mol. The highest BCUT2D eigenvalue weighted by molar-refractivity contribution is 14.1. The van der Waals surface area contributed by atoms with E-state index in [-0.39, 0.29) is 25.1 Å². The van der Waals surface area contributed by atoms with Crippen molar-refractivity contribution in [1.29, 1.82) is 0 Å². The molecule has 0 aromatic rings. The molecule has 0 heterocycles. The Labute approximate surface area is 260 Å². The Morgan fingerprint density at radius 1 is 0.789 bits per heavy atom. The van der Waals surface area contributed by atoms with Gasteiger partial charge in [-0.25, -0.2) is 0 Å². The zero-order valence-electron chi connectivity index (χ0n) is 21.1. The Morgan fingerprint density at radius 2 is 1.21 bits per heavy atom. The highest BCUT2D eigenvalue weighted by Crippen LogP contribution is 2.60. The number of hydrogen-bond acceptors (Lipinski definition) is 11. The Hall–Kier alpha value is -1.45. The van der Waals surface area contributed by atoms with E-state index in [2.05, 4.69) is 0 Å². The summed E-state index contributed by atoms with van der Waals surface area (Å²) in [5.41, 5.74) is 15.1. The van der Waals surface area contributed by atoms with Crippen LogP contribution in [0.15, 0.2) is 9.28 Å². The fourth-order valence-electron chi connectivity index (χ4n) is 4.30. The van der Waals surface area contributed by atoms with Crippen LogP contribution in [0.1, 0.15) is 40.5 Å². The van der Waals surface area contributed by atoms with E-state index in [1.807, 2.05) is 67.8 Å². The number of allylic oxidation sites excluding steroid dienone is 1. The molecule has 2 amide bonds. The van der Waals surface area contributed by atoms with Crippen molar-refractivity contribution >= 4 is 103 Å². The predicted molar refractivity (Wildman–Crippen MR) is 158 cm³/mol. The Balaban J connectivity index is 3.81. The van der Waals surface area contributed by atoms with Crippen LogP contribution in [-0.2, 0) is 47.7 Å². The summed E-state index contributed by atoms with van der Waals surface area (Å²) in [6.45, 7) is 3.83. The van der Waals surface area contributed by atoms with Gasteiger partial charge in [0.15, 0.2) is 0 Å². The number of halogens is 3. The van der Waals surface area contributed by atoms with E-state index in [0.29, 0.717) is 3.58 Å². The second-order valence-corrected chi connectivity index (χ2v) is 12.3. The van der Waals surface area contributed by atoms with Crippen LogP contribution >= 0.6 is 67.8 Å². The minimum atomic E-state index is -1.73. The lowest BCUT2D eigenvalue weighted by Crippen LogP contribution is -2.65. The highest BCUT2D eigenvalue weighted by atomic mass is 127. The van der Waals surface area contributed by atoms with Crippen molar-refractivity contribution in [1.82, 2.24) is 0 Å². The van der Waals surface area contributed by atoms with Gasteiger partial charge < -0.3 is 36.1 Å². The fourth-order valence-corrected chi connectivity index (χ4v) is 10.3. The van der Waals surface area contributed by atoms with Crippen LogP contribution in [0.5, 0.6) is 0 Å². The van der Waals surface area contributed by atoms with Crippen molar-refractivity contribution in [2.75, 3.05) is 13.2 Å². The number of hydrogen-bond donors (Lipinski definition) is 3. The molecule has 6 unspecified atom stereocenters. The molecule has 214 valence electrons. The summed E-state index contributed by atoms with van der Waals surface area (Å²) in [5, 5.41) is 0. The lowest BCUT2D eigenvalue weighted by Gasteiger charge is -2.53. The quantitative estimate of drug-likeness (QED) is 0.109. The molecule has 0 spiro atoms. The Bertz CT molecular complexity index is 1020. The summed E-state index contributed by atoms with van der Waals surface area (Å²) in [7, 11) is 0. The van der Waals surface area contributed by atoms with Gasteiger partial charge in [-0.3, -0.25) is 28.8 Å². The summed E-state index contributed by atoms with van der Waals surface area (Å²) < 4.78 is 19.2. The summed E-state index contributed by atoms with van der Waals surface area (Å²) in [5.74, 6) is -4.49. The van der Waals surface area contributed by atoms with Gasteiger partial charge in [-0.2, -0.15) is 0 Å². The molecule has 0 saturated carbocycles. The molecule has 1 aliphatic rings. The number of alkyl halides is 2. The molecule has 1 rings (SSSR count). The molecule has 0 aliphatic heterocycles. The fraction of sp³-hybridized carbons (Fsp3) is 0.636. The molecule has 0 aromatic carbocycles. The third-order valence-electron chi connectivity index (χ3n) is 5.88. The number of nitrogens with two attached hydrogens (primary N) is 3. The largest absolute Gasteiger partial charge is 0.462 e. The van der Waals surface area contributed by atoms with Gasteiger partial charge in [0.05, 0.1) is 14.8 Å². The van der Waals surface area contributed by atoms with E-state index < -0.39 is 73.2 Å². The lowest BCUT2D eigenvalue weighted by molar-refractivity contribution is -0.161. The third-order valence-corrected chi connectivity index (χ3v) is 11.4. The first kappa shape index (κ1) is 34.6. The number of carbonyl (C=O) groups excluding carboxylic acids is 6. The standard InChI is InChI=1S/C22H30I3N3O10/c1-9(29)35-7-13(37-11(3)31)5-21(19(27)33)16(23)15(26)17(24)22(18(21)25,20(28)34)6-14(38-12(4)32)8-36-10(2)30/h13-14,16,18H,5-8,26H2,1-4H3,(H2,27,33)(H2,28,34). The maximum absolute atomic E-state index is 13.3. The van der Waals surface area contributed by atoms with Crippen molar-refractivity contribution in [3.8, 4) is 0 Å².